The maximum Gasteiger partial charge on any atom is 0.343 e. The van der Waals surface area contributed by atoms with Crippen molar-refractivity contribution in [1.29, 1.82) is 0 Å². The average Bonchev–Trinajstić information content (AvgIpc) is 2.53. The van der Waals surface area contributed by atoms with Gasteiger partial charge in [0, 0.05) is 7.05 Å². The number of hydrogen-bond donors (Lipinski definition) is 1. The van der Waals surface area contributed by atoms with Crippen LogP contribution in [0.25, 0.3) is 0 Å². The van der Waals surface area contributed by atoms with Crippen molar-refractivity contribution in [3.8, 4) is 5.75 Å². The third-order valence-electron chi connectivity index (χ3n) is 3.68. The number of hydrogen-bond acceptors (Lipinski definition) is 5. The van der Waals surface area contributed by atoms with E-state index in [1.54, 1.807) is 36.2 Å². The number of fused-ring (bicyclic) bond motifs is 1. The molecule has 0 bridgehead atoms. The van der Waals surface area contributed by atoms with Crippen LogP contribution in [0.15, 0.2) is 47.4 Å². The van der Waals surface area contributed by atoms with Gasteiger partial charge >= 0.3 is 5.97 Å². The van der Waals surface area contributed by atoms with Crippen LogP contribution in [0.3, 0.4) is 0 Å². The van der Waals surface area contributed by atoms with E-state index in [1.807, 2.05) is 19.1 Å². The van der Waals surface area contributed by atoms with E-state index in [-0.39, 0.29) is 17.1 Å². The van der Waals surface area contributed by atoms with Gasteiger partial charge in [-0.25, -0.2) is 13.2 Å². The number of carbonyl (C=O) groups is 1. The zero-order chi connectivity index (χ0) is 16.6. The van der Waals surface area contributed by atoms with E-state index in [2.05, 4.69) is 4.72 Å². The second-order valence-corrected chi connectivity index (χ2v) is 7.08. The van der Waals surface area contributed by atoms with Crippen LogP contribution in [-0.4, -0.2) is 28.1 Å². The molecule has 0 atom stereocenters. The van der Waals surface area contributed by atoms with E-state index < -0.39 is 16.0 Å². The van der Waals surface area contributed by atoms with E-state index in [1.165, 1.54) is 6.07 Å². The standard InChI is InChI=1S/C16H16N2O4S/c1-11-5-3-4-6-14(11)22-16(19)12-7-8-13-15(9-12)23(20,21)17-10-18(13)2/h3-9,17H,10H2,1-2H3. The summed E-state index contributed by atoms with van der Waals surface area (Å²) < 4.78 is 32.0. The monoisotopic (exact) mass is 332 g/mol. The third kappa shape index (κ3) is 2.93. The Kier molecular flexibility index (Phi) is 3.83. The Morgan fingerprint density at radius 1 is 1.22 bits per heavy atom. The Morgan fingerprint density at radius 2 is 1.96 bits per heavy atom. The van der Waals surface area contributed by atoms with Gasteiger partial charge in [0.25, 0.3) is 0 Å². The number of aryl methyl sites for hydroxylation is 1. The van der Waals surface area contributed by atoms with Crippen LogP contribution in [-0.2, 0) is 10.0 Å². The Labute approximate surface area is 134 Å². The van der Waals surface area contributed by atoms with E-state index in [9.17, 15) is 13.2 Å². The first-order valence-electron chi connectivity index (χ1n) is 7.01. The minimum absolute atomic E-state index is 0.0745. The quantitative estimate of drug-likeness (QED) is 0.671. The van der Waals surface area contributed by atoms with Crippen LogP contribution in [0.5, 0.6) is 5.75 Å². The molecule has 0 amide bonds. The fraction of sp³-hybridized carbons (Fsp3) is 0.188. The lowest BCUT2D eigenvalue weighted by Gasteiger charge is -2.28. The van der Waals surface area contributed by atoms with Crippen LogP contribution in [0.4, 0.5) is 5.69 Å². The second-order valence-electron chi connectivity index (χ2n) is 5.34. The second kappa shape index (κ2) is 5.68. The number of esters is 1. The number of rotatable bonds is 2. The molecule has 1 aliphatic heterocycles. The van der Waals surface area contributed by atoms with Crippen molar-refractivity contribution in [3.63, 3.8) is 0 Å². The maximum absolute atomic E-state index is 12.3. The number of benzene rings is 2. The molecule has 0 fully saturated rings. The van der Waals surface area contributed by atoms with Gasteiger partial charge in [-0.1, -0.05) is 18.2 Å². The van der Waals surface area contributed by atoms with E-state index in [4.69, 9.17) is 4.74 Å². The Morgan fingerprint density at radius 3 is 2.70 bits per heavy atom. The molecule has 0 radical (unpaired) electrons. The highest BCUT2D eigenvalue weighted by atomic mass is 32.2. The summed E-state index contributed by atoms with van der Waals surface area (Å²) in [6, 6.07) is 11.7. The summed E-state index contributed by atoms with van der Waals surface area (Å²) in [6.45, 7) is 2.03. The minimum atomic E-state index is -3.61. The van der Waals surface area contributed by atoms with Gasteiger partial charge < -0.3 is 9.64 Å². The van der Waals surface area contributed by atoms with Crippen LogP contribution < -0.4 is 14.4 Å². The molecule has 2 aromatic rings. The molecule has 6 nitrogen and oxygen atoms in total. The summed E-state index contributed by atoms with van der Waals surface area (Å²) >= 11 is 0. The van der Waals surface area contributed by atoms with E-state index in [0.717, 1.165) is 5.56 Å². The molecule has 3 rings (SSSR count). The average molecular weight is 332 g/mol. The number of nitrogens with zero attached hydrogens (tertiary/aromatic N) is 1. The lowest BCUT2D eigenvalue weighted by Crippen LogP contribution is -2.41. The van der Waals surface area contributed by atoms with Crippen molar-refractivity contribution in [1.82, 2.24) is 4.72 Å². The van der Waals surface area contributed by atoms with Crippen molar-refractivity contribution in [2.75, 3.05) is 18.6 Å². The summed E-state index contributed by atoms with van der Waals surface area (Å²) in [4.78, 5) is 14.1. The summed E-state index contributed by atoms with van der Waals surface area (Å²) in [7, 11) is -1.84. The summed E-state index contributed by atoms with van der Waals surface area (Å²) in [5.41, 5.74) is 1.57. The van der Waals surface area contributed by atoms with Crippen molar-refractivity contribution in [2.45, 2.75) is 11.8 Å². The first-order chi connectivity index (χ1) is 10.9. The normalized spacial score (nSPS) is 15.8. The van der Waals surface area contributed by atoms with Gasteiger partial charge in [0.2, 0.25) is 10.0 Å². The first kappa shape index (κ1) is 15.5. The molecule has 0 saturated carbocycles. The van der Waals surface area contributed by atoms with E-state index in [0.29, 0.717) is 11.4 Å². The summed E-state index contributed by atoms with van der Waals surface area (Å²) in [5.74, 6) is -0.140. The highest BCUT2D eigenvalue weighted by Gasteiger charge is 2.27. The van der Waals surface area contributed by atoms with Gasteiger partial charge in [-0.15, -0.1) is 0 Å². The van der Waals surface area contributed by atoms with E-state index >= 15 is 0 Å². The molecule has 1 N–H and O–H groups in total. The number of nitrogens with one attached hydrogen (secondary N) is 1. The first-order valence-corrected chi connectivity index (χ1v) is 8.49. The third-order valence-corrected chi connectivity index (χ3v) is 5.10. The van der Waals surface area contributed by atoms with Gasteiger partial charge in [0.15, 0.2) is 0 Å². The topological polar surface area (TPSA) is 75.7 Å². The van der Waals surface area contributed by atoms with Gasteiger partial charge in [0.1, 0.15) is 10.6 Å². The molecule has 0 aromatic heterocycles. The number of carbonyl (C=O) groups excluding carboxylic acids is 1. The summed E-state index contributed by atoms with van der Waals surface area (Å²) in [6.07, 6.45) is 0. The van der Waals surface area contributed by atoms with Crippen LogP contribution in [0, 0.1) is 6.92 Å². The Hall–Kier alpha value is -2.38. The van der Waals surface area contributed by atoms with Gasteiger partial charge in [0.05, 0.1) is 17.9 Å². The molecule has 120 valence electrons. The van der Waals surface area contributed by atoms with Crippen LogP contribution in [0.2, 0.25) is 0 Å². The Balaban J connectivity index is 1.96. The largest absolute Gasteiger partial charge is 0.423 e. The van der Waals surface area contributed by atoms with Gasteiger partial charge in [-0.2, -0.15) is 4.72 Å². The lowest BCUT2D eigenvalue weighted by atomic mass is 10.2. The van der Waals surface area contributed by atoms with Crippen molar-refractivity contribution >= 4 is 21.7 Å². The smallest absolute Gasteiger partial charge is 0.343 e. The molecule has 0 spiro atoms. The zero-order valence-corrected chi connectivity index (χ0v) is 13.6. The molecular weight excluding hydrogens is 316 g/mol. The van der Waals surface area contributed by atoms with Crippen molar-refractivity contribution < 1.29 is 17.9 Å². The molecular formula is C16H16N2O4S. The van der Waals surface area contributed by atoms with Crippen LogP contribution >= 0.6 is 0 Å². The predicted molar refractivity (Wildman–Crippen MR) is 86.2 cm³/mol. The van der Waals surface area contributed by atoms with Crippen molar-refractivity contribution in [2.24, 2.45) is 0 Å². The number of ether oxygens (including phenoxy) is 1. The SMILES string of the molecule is Cc1ccccc1OC(=O)c1ccc2c(c1)S(=O)(=O)NCN2C. The number of anilines is 1. The highest BCUT2D eigenvalue weighted by molar-refractivity contribution is 7.89. The molecule has 7 heteroatoms. The highest BCUT2D eigenvalue weighted by Crippen LogP contribution is 2.29. The molecule has 2 aromatic carbocycles. The number of para-hydroxylation sites is 1. The van der Waals surface area contributed by atoms with Crippen LogP contribution in [0.1, 0.15) is 15.9 Å². The molecule has 0 saturated heterocycles. The maximum atomic E-state index is 12.3. The molecule has 0 unspecified atom stereocenters. The summed E-state index contributed by atoms with van der Waals surface area (Å²) in [5, 5.41) is 0. The molecule has 0 aliphatic carbocycles. The number of sulfonamides is 1. The fourth-order valence-electron chi connectivity index (χ4n) is 2.35. The van der Waals surface area contributed by atoms with Crippen molar-refractivity contribution in [3.05, 3.63) is 53.6 Å². The molecule has 1 heterocycles. The zero-order valence-electron chi connectivity index (χ0n) is 12.7. The molecule has 23 heavy (non-hydrogen) atoms. The Bertz CT molecular complexity index is 877. The molecule has 1 aliphatic rings. The lowest BCUT2D eigenvalue weighted by molar-refractivity contribution is 0.0733. The minimum Gasteiger partial charge on any atom is -0.423 e. The van der Waals surface area contributed by atoms with Gasteiger partial charge in [-0.05, 0) is 36.8 Å². The predicted octanol–water partition coefficient (Wildman–Crippen LogP) is 1.90. The van der Waals surface area contributed by atoms with Gasteiger partial charge in [-0.3, -0.25) is 0 Å². The fourth-order valence-corrected chi connectivity index (χ4v) is 3.65.